The molecule has 0 atom stereocenters. The van der Waals surface area contributed by atoms with Gasteiger partial charge < -0.3 is 4.74 Å². The van der Waals surface area contributed by atoms with Gasteiger partial charge in [-0.25, -0.2) is 4.79 Å². The predicted molar refractivity (Wildman–Crippen MR) is 87.9 cm³/mol. The van der Waals surface area contributed by atoms with Crippen molar-refractivity contribution in [3.8, 4) is 11.1 Å². The molecule has 3 nitrogen and oxygen atoms in total. The van der Waals surface area contributed by atoms with Crippen LogP contribution in [0, 0.1) is 6.92 Å². The van der Waals surface area contributed by atoms with Crippen molar-refractivity contribution in [2.45, 2.75) is 13.8 Å². The van der Waals surface area contributed by atoms with Crippen LogP contribution in [0.5, 0.6) is 0 Å². The number of benzene rings is 2. The van der Waals surface area contributed by atoms with Crippen molar-refractivity contribution in [3.05, 3.63) is 65.9 Å². The van der Waals surface area contributed by atoms with E-state index in [2.05, 4.69) is 17.1 Å². The molecule has 22 heavy (non-hydrogen) atoms. The molecule has 1 heterocycles. The number of hydrogen-bond donors (Lipinski definition) is 0. The molecule has 3 rings (SSSR count). The van der Waals surface area contributed by atoms with E-state index >= 15 is 0 Å². The highest BCUT2D eigenvalue weighted by atomic mass is 16.5. The largest absolute Gasteiger partial charge is 0.462 e. The molecular formula is C19H17NO2. The third kappa shape index (κ3) is 2.70. The van der Waals surface area contributed by atoms with Crippen LogP contribution in [-0.2, 0) is 4.74 Å². The monoisotopic (exact) mass is 291 g/mol. The minimum Gasteiger partial charge on any atom is -0.462 e. The first kappa shape index (κ1) is 14.3. The summed E-state index contributed by atoms with van der Waals surface area (Å²) in [5.74, 6) is -0.287. The topological polar surface area (TPSA) is 39.2 Å². The molecule has 0 N–H and O–H groups in total. The molecule has 2 aromatic carbocycles. The van der Waals surface area contributed by atoms with Crippen molar-refractivity contribution in [2.24, 2.45) is 0 Å². The van der Waals surface area contributed by atoms with Crippen molar-refractivity contribution in [1.29, 1.82) is 0 Å². The van der Waals surface area contributed by atoms with E-state index in [1.165, 1.54) is 0 Å². The smallest absolute Gasteiger partial charge is 0.338 e. The van der Waals surface area contributed by atoms with Gasteiger partial charge in [-0.15, -0.1) is 0 Å². The Labute approximate surface area is 129 Å². The molecule has 0 aliphatic heterocycles. The molecule has 0 radical (unpaired) electrons. The van der Waals surface area contributed by atoms with Crippen LogP contribution in [0.2, 0.25) is 0 Å². The Bertz CT molecular complexity index is 822. The molecule has 110 valence electrons. The minimum absolute atomic E-state index is 0.287. The van der Waals surface area contributed by atoms with Crippen molar-refractivity contribution >= 4 is 16.9 Å². The molecule has 0 bridgehead atoms. The second-order valence-electron chi connectivity index (χ2n) is 5.13. The Hall–Kier alpha value is -2.68. The fourth-order valence-electron chi connectivity index (χ4n) is 2.55. The molecule has 0 saturated heterocycles. The number of para-hydroxylation sites is 1. The van der Waals surface area contributed by atoms with Crippen LogP contribution < -0.4 is 0 Å². The van der Waals surface area contributed by atoms with Crippen LogP contribution in [-0.4, -0.2) is 17.6 Å². The number of fused-ring (bicyclic) bond motifs is 1. The zero-order chi connectivity index (χ0) is 15.5. The molecule has 0 saturated carbocycles. The van der Waals surface area contributed by atoms with E-state index in [9.17, 15) is 4.79 Å². The molecule has 0 aliphatic rings. The average Bonchev–Trinajstić information content (AvgIpc) is 2.54. The number of rotatable bonds is 3. The Morgan fingerprint density at radius 1 is 1.09 bits per heavy atom. The number of hydrogen-bond acceptors (Lipinski definition) is 3. The van der Waals surface area contributed by atoms with E-state index < -0.39 is 0 Å². The zero-order valence-corrected chi connectivity index (χ0v) is 12.7. The normalized spacial score (nSPS) is 10.6. The second kappa shape index (κ2) is 5.98. The summed E-state index contributed by atoms with van der Waals surface area (Å²) < 4.78 is 5.01. The van der Waals surface area contributed by atoms with E-state index in [-0.39, 0.29) is 5.97 Å². The molecule has 0 fully saturated rings. The van der Waals surface area contributed by atoms with Crippen LogP contribution in [0.25, 0.3) is 22.0 Å². The fraction of sp³-hybridized carbons (Fsp3) is 0.158. The Morgan fingerprint density at radius 3 is 2.55 bits per heavy atom. The summed E-state index contributed by atoms with van der Waals surface area (Å²) in [6, 6.07) is 17.7. The molecule has 3 heteroatoms. The number of ether oxygens (including phenoxy) is 1. The summed E-state index contributed by atoms with van der Waals surface area (Å²) in [6.07, 6.45) is 0. The minimum atomic E-state index is -0.287. The number of aromatic nitrogens is 1. The lowest BCUT2D eigenvalue weighted by molar-refractivity contribution is 0.0526. The maximum absolute atomic E-state index is 11.7. The van der Waals surface area contributed by atoms with Gasteiger partial charge in [-0.1, -0.05) is 30.3 Å². The molecule has 0 amide bonds. The first-order chi connectivity index (χ1) is 10.7. The number of carbonyl (C=O) groups excluding carboxylic acids is 1. The van der Waals surface area contributed by atoms with Gasteiger partial charge in [0.1, 0.15) is 0 Å². The Balaban J connectivity index is 2.06. The van der Waals surface area contributed by atoms with Gasteiger partial charge in [-0.3, -0.25) is 4.98 Å². The maximum atomic E-state index is 11.7. The van der Waals surface area contributed by atoms with E-state index in [4.69, 9.17) is 4.74 Å². The molecule has 3 aromatic rings. The summed E-state index contributed by atoms with van der Waals surface area (Å²) in [7, 11) is 0. The van der Waals surface area contributed by atoms with Gasteiger partial charge in [-0.2, -0.15) is 0 Å². The van der Waals surface area contributed by atoms with E-state index in [0.717, 1.165) is 27.7 Å². The Morgan fingerprint density at radius 2 is 1.82 bits per heavy atom. The van der Waals surface area contributed by atoms with Gasteiger partial charge in [-0.05, 0) is 49.2 Å². The highest BCUT2D eigenvalue weighted by Gasteiger charge is 2.09. The van der Waals surface area contributed by atoms with Gasteiger partial charge in [0.2, 0.25) is 0 Å². The van der Waals surface area contributed by atoms with E-state index in [1.807, 2.05) is 37.3 Å². The van der Waals surface area contributed by atoms with Gasteiger partial charge in [0.25, 0.3) is 0 Å². The number of nitrogens with zero attached hydrogens (tertiary/aromatic N) is 1. The highest BCUT2D eigenvalue weighted by Crippen LogP contribution is 2.28. The van der Waals surface area contributed by atoms with Crippen LogP contribution in [0.15, 0.2) is 54.6 Å². The molecule has 0 unspecified atom stereocenters. The van der Waals surface area contributed by atoms with Crippen LogP contribution in [0.1, 0.15) is 23.0 Å². The zero-order valence-electron chi connectivity index (χ0n) is 12.7. The van der Waals surface area contributed by atoms with Crippen LogP contribution in [0.3, 0.4) is 0 Å². The van der Waals surface area contributed by atoms with Gasteiger partial charge in [0, 0.05) is 11.1 Å². The SMILES string of the molecule is CCOC(=O)c1ccc(-c2cc(C)nc3ccccc23)cc1. The number of carbonyl (C=O) groups is 1. The predicted octanol–water partition coefficient (Wildman–Crippen LogP) is 4.39. The van der Waals surface area contributed by atoms with E-state index in [1.54, 1.807) is 19.1 Å². The first-order valence-corrected chi connectivity index (χ1v) is 7.33. The van der Waals surface area contributed by atoms with Crippen molar-refractivity contribution in [1.82, 2.24) is 4.98 Å². The van der Waals surface area contributed by atoms with Crippen LogP contribution >= 0.6 is 0 Å². The van der Waals surface area contributed by atoms with Gasteiger partial charge >= 0.3 is 5.97 Å². The number of pyridine rings is 1. The quantitative estimate of drug-likeness (QED) is 0.672. The lowest BCUT2D eigenvalue weighted by atomic mass is 9.99. The lowest BCUT2D eigenvalue weighted by Crippen LogP contribution is -2.04. The maximum Gasteiger partial charge on any atom is 0.338 e. The summed E-state index contributed by atoms with van der Waals surface area (Å²) in [4.78, 5) is 16.3. The molecule has 0 spiro atoms. The summed E-state index contributed by atoms with van der Waals surface area (Å²) in [5, 5.41) is 1.11. The fourth-order valence-corrected chi connectivity index (χ4v) is 2.55. The molecule has 1 aromatic heterocycles. The van der Waals surface area contributed by atoms with Gasteiger partial charge in [0.05, 0.1) is 17.7 Å². The Kier molecular flexibility index (Phi) is 3.88. The average molecular weight is 291 g/mol. The summed E-state index contributed by atoms with van der Waals surface area (Å²) >= 11 is 0. The standard InChI is InChI=1S/C19H17NO2/c1-3-22-19(21)15-10-8-14(9-11-15)17-12-13(2)20-18-7-5-4-6-16(17)18/h4-12H,3H2,1-2H3. The number of aryl methyl sites for hydroxylation is 1. The second-order valence-corrected chi connectivity index (χ2v) is 5.13. The van der Waals surface area contributed by atoms with Crippen molar-refractivity contribution in [2.75, 3.05) is 6.61 Å². The lowest BCUT2D eigenvalue weighted by Gasteiger charge is -2.09. The van der Waals surface area contributed by atoms with Crippen molar-refractivity contribution < 1.29 is 9.53 Å². The number of esters is 1. The molecular weight excluding hydrogens is 274 g/mol. The molecule has 0 aliphatic carbocycles. The van der Waals surface area contributed by atoms with Gasteiger partial charge in [0.15, 0.2) is 0 Å². The summed E-state index contributed by atoms with van der Waals surface area (Å²) in [5.41, 5.74) is 4.71. The highest BCUT2D eigenvalue weighted by molar-refractivity contribution is 5.96. The van der Waals surface area contributed by atoms with Crippen molar-refractivity contribution in [3.63, 3.8) is 0 Å². The third-order valence-electron chi connectivity index (χ3n) is 3.55. The first-order valence-electron chi connectivity index (χ1n) is 7.33. The van der Waals surface area contributed by atoms with E-state index in [0.29, 0.717) is 12.2 Å². The van der Waals surface area contributed by atoms with Crippen LogP contribution in [0.4, 0.5) is 0 Å². The summed E-state index contributed by atoms with van der Waals surface area (Å²) in [6.45, 7) is 4.18. The third-order valence-corrected chi connectivity index (χ3v) is 3.55.